The van der Waals surface area contributed by atoms with Crippen molar-refractivity contribution in [1.29, 1.82) is 0 Å². The van der Waals surface area contributed by atoms with Gasteiger partial charge in [0.05, 0.1) is 11.3 Å². The van der Waals surface area contributed by atoms with Crippen molar-refractivity contribution in [3.8, 4) is 5.69 Å². The first-order chi connectivity index (χ1) is 7.89. The lowest BCUT2D eigenvalue weighted by atomic mass is 10.1. The van der Waals surface area contributed by atoms with Gasteiger partial charge in [0.15, 0.2) is 0 Å². The van der Waals surface area contributed by atoms with Gasteiger partial charge in [-0.2, -0.15) is 13.2 Å². The Morgan fingerprint density at radius 3 is 2.29 bits per heavy atom. The van der Waals surface area contributed by atoms with Crippen LogP contribution in [0.2, 0.25) is 0 Å². The molecule has 0 amide bonds. The van der Waals surface area contributed by atoms with Crippen LogP contribution in [0, 0.1) is 0 Å². The Hall–Kier alpha value is -1.57. The number of aromatic nitrogens is 3. The minimum Gasteiger partial charge on any atom is -0.397 e. The second kappa shape index (κ2) is 4.02. The minimum absolute atomic E-state index is 0.177. The largest absolute Gasteiger partial charge is 0.418 e. The first kappa shape index (κ1) is 11.9. The van der Waals surface area contributed by atoms with Crippen LogP contribution in [0.1, 0.15) is 5.56 Å². The highest BCUT2D eigenvalue weighted by Gasteiger charge is 2.34. The van der Waals surface area contributed by atoms with Crippen LogP contribution in [0.3, 0.4) is 0 Å². The quantitative estimate of drug-likeness (QED) is 0.824. The number of halogens is 4. The summed E-state index contributed by atoms with van der Waals surface area (Å²) in [6.07, 6.45) is -1.90. The van der Waals surface area contributed by atoms with Crippen LogP contribution < -0.4 is 5.73 Å². The fourth-order valence-corrected chi connectivity index (χ4v) is 1.77. The number of hydrogen-bond donors (Lipinski definition) is 1. The molecule has 0 saturated carbocycles. The fraction of sp³-hybridized carbons (Fsp3) is 0.111. The van der Waals surface area contributed by atoms with E-state index < -0.39 is 11.7 Å². The molecule has 0 radical (unpaired) electrons. The van der Waals surface area contributed by atoms with Crippen molar-refractivity contribution in [2.75, 3.05) is 5.73 Å². The molecule has 2 aromatic rings. The number of nitrogens with two attached hydrogens (primary N) is 1. The summed E-state index contributed by atoms with van der Waals surface area (Å²) in [7, 11) is 0. The second-order valence-corrected chi connectivity index (χ2v) is 4.11. The third-order valence-electron chi connectivity index (χ3n) is 2.14. The molecule has 0 atom stereocenters. The Labute approximate surface area is 102 Å². The van der Waals surface area contributed by atoms with E-state index in [0.717, 1.165) is 6.07 Å². The van der Waals surface area contributed by atoms with Crippen molar-refractivity contribution < 1.29 is 13.2 Å². The summed E-state index contributed by atoms with van der Waals surface area (Å²) >= 11 is 3.00. The summed E-state index contributed by atoms with van der Waals surface area (Å²) in [5.41, 5.74) is 4.43. The molecule has 1 heterocycles. The molecular formula is C9H6BrF3N4. The number of benzene rings is 1. The first-order valence-electron chi connectivity index (χ1n) is 4.41. The normalized spacial score (nSPS) is 11.8. The Morgan fingerprint density at radius 1 is 1.18 bits per heavy atom. The van der Waals surface area contributed by atoms with Crippen LogP contribution in [-0.4, -0.2) is 14.8 Å². The third kappa shape index (κ3) is 2.26. The fourth-order valence-electron chi connectivity index (χ4n) is 1.32. The van der Waals surface area contributed by atoms with Gasteiger partial charge >= 0.3 is 6.18 Å². The van der Waals surface area contributed by atoms with E-state index >= 15 is 0 Å². The summed E-state index contributed by atoms with van der Waals surface area (Å²) < 4.78 is 39.7. The summed E-state index contributed by atoms with van der Waals surface area (Å²) in [5.74, 6) is 0. The zero-order chi connectivity index (χ0) is 12.6. The monoisotopic (exact) mass is 306 g/mol. The van der Waals surface area contributed by atoms with E-state index in [1.54, 1.807) is 0 Å². The van der Waals surface area contributed by atoms with E-state index in [0.29, 0.717) is 0 Å². The van der Waals surface area contributed by atoms with Crippen molar-refractivity contribution in [2.24, 2.45) is 0 Å². The third-order valence-corrected chi connectivity index (χ3v) is 2.79. The molecule has 0 fully saturated rings. The SMILES string of the molecule is Nc1c(Br)cc(-n2cnnc2)cc1C(F)(F)F. The maximum Gasteiger partial charge on any atom is 0.418 e. The predicted molar refractivity (Wildman–Crippen MR) is 58.5 cm³/mol. The van der Waals surface area contributed by atoms with Gasteiger partial charge in [0.2, 0.25) is 0 Å². The highest BCUT2D eigenvalue weighted by molar-refractivity contribution is 9.10. The number of alkyl halides is 3. The number of anilines is 1. The van der Waals surface area contributed by atoms with E-state index in [1.807, 2.05) is 0 Å². The second-order valence-electron chi connectivity index (χ2n) is 3.26. The molecular weight excluding hydrogens is 301 g/mol. The maximum absolute atomic E-state index is 12.7. The maximum atomic E-state index is 12.7. The zero-order valence-corrected chi connectivity index (χ0v) is 9.83. The number of nitrogen functional groups attached to an aromatic ring is 1. The lowest BCUT2D eigenvalue weighted by Gasteiger charge is -2.13. The van der Waals surface area contributed by atoms with Gasteiger partial charge in [-0.3, -0.25) is 4.57 Å². The summed E-state index contributed by atoms with van der Waals surface area (Å²) in [5, 5.41) is 7.06. The molecule has 0 saturated heterocycles. The van der Waals surface area contributed by atoms with Gasteiger partial charge in [-0.15, -0.1) is 10.2 Å². The van der Waals surface area contributed by atoms with Gasteiger partial charge in [-0.1, -0.05) is 0 Å². The average Bonchev–Trinajstić information content (AvgIpc) is 2.73. The molecule has 1 aromatic carbocycles. The lowest BCUT2D eigenvalue weighted by molar-refractivity contribution is -0.136. The van der Waals surface area contributed by atoms with Crippen LogP contribution in [0.5, 0.6) is 0 Å². The molecule has 0 aliphatic rings. The van der Waals surface area contributed by atoms with Gasteiger partial charge in [-0.25, -0.2) is 0 Å². The Morgan fingerprint density at radius 2 is 1.76 bits per heavy atom. The molecule has 0 aliphatic heterocycles. The summed E-state index contributed by atoms with van der Waals surface area (Å²) in [6, 6.07) is 2.41. The van der Waals surface area contributed by atoms with Gasteiger partial charge in [-0.05, 0) is 28.1 Å². The molecule has 90 valence electrons. The van der Waals surface area contributed by atoms with Crippen molar-refractivity contribution >= 4 is 21.6 Å². The molecule has 0 bridgehead atoms. The van der Waals surface area contributed by atoms with Crippen molar-refractivity contribution in [3.63, 3.8) is 0 Å². The molecule has 0 unspecified atom stereocenters. The van der Waals surface area contributed by atoms with Crippen LogP contribution in [0.15, 0.2) is 29.3 Å². The van der Waals surface area contributed by atoms with Crippen molar-refractivity contribution in [1.82, 2.24) is 14.8 Å². The molecule has 8 heteroatoms. The van der Waals surface area contributed by atoms with Crippen LogP contribution in [0.4, 0.5) is 18.9 Å². The molecule has 17 heavy (non-hydrogen) atoms. The van der Waals surface area contributed by atoms with Gasteiger partial charge in [0, 0.05) is 10.2 Å². The van der Waals surface area contributed by atoms with Gasteiger partial charge < -0.3 is 5.73 Å². The van der Waals surface area contributed by atoms with Crippen LogP contribution in [0.25, 0.3) is 5.69 Å². The van der Waals surface area contributed by atoms with Gasteiger partial charge in [0.1, 0.15) is 12.7 Å². The molecule has 2 N–H and O–H groups in total. The van der Waals surface area contributed by atoms with E-state index in [2.05, 4.69) is 26.1 Å². The standard InChI is InChI=1S/C9H6BrF3N4/c10-7-2-5(17-3-15-16-4-17)1-6(8(7)14)9(11,12)13/h1-4H,14H2. The van der Waals surface area contributed by atoms with Crippen molar-refractivity contribution in [3.05, 3.63) is 34.8 Å². The average molecular weight is 307 g/mol. The molecule has 1 aromatic heterocycles. The van der Waals surface area contributed by atoms with Crippen LogP contribution >= 0.6 is 15.9 Å². The smallest absolute Gasteiger partial charge is 0.397 e. The van der Waals surface area contributed by atoms with E-state index in [9.17, 15) is 13.2 Å². The van der Waals surface area contributed by atoms with E-state index in [-0.39, 0.29) is 15.8 Å². The zero-order valence-electron chi connectivity index (χ0n) is 8.24. The molecule has 4 nitrogen and oxygen atoms in total. The Kier molecular flexibility index (Phi) is 2.82. The molecule has 2 rings (SSSR count). The topological polar surface area (TPSA) is 56.7 Å². The molecule has 0 spiro atoms. The van der Waals surface area contributed by atoms with E-state index in [4.69, 9.17) is 5.73 Å². The minimum atomic E-state index is -4.50. The van der Waals surface area contributed by atoms with Crippen LogP contribution in [-0.2, 0) is 6.18 Å². The molecule has 0 aliphatic carbocycles. The number of hydrogen-bond acceptors (Lipinski definition) is 3. The summed E-state index contributed by atoms with van der Waals surface area (Å²) in [6.45, 7) is 0. The Balaban J connectivity index is 2.62. The predicted octanol–water partition coefficient (Wildman–Crippen LogP) is 2.63. The lowest BCUT2D eigenvalue weighted by Crippen LogP contribution is -2.10. The summed E-state index contributed by atoms with van der Waals surface area (Å²) in [4.78, 5) is 0. The number of nitrogens with zero attached hydrogens (tertiary/aromatic N) is 3. The first-order valence-corrected chi connectivity index (χ1v) is 5.20. The number of rotatable bonds is 1. The van der Waals surface area contributed by atoms with Gasteiger partial charge in [0.25, 0.3) is 0 Å². The highest BCUT2D eigenvalue weighted by Crippen LogP contribution is 2.38. The Bertz CT molecular complexity index is 536. The van der Waals surface area contributed by atoms with Crippen molar-refractivity contribution in [2.45, 2.75) is 6.18 Å². The van der Waals surface area contributed by atoms with E-state index in [1.165, 1.54) is 23.3 Å². The highest BCUT2D eigenvalue weighted by atomic mass is 79.9.